The van der Waals surface area contributed by atoms with Gasteiger partial charge in [0.15, 0.2) is 0 Å². The van der Waals surface area contributed by atoms with Crippen molar-refractivity contribution < 1.29 is 19.0 Å². The Labute approximate surface area is 121 Å². The second-order valence-corrected chi connectivity index (χ2v) is 4.35. The summed E-state index contributed by atoms with van der Waals surface area (Å²) in [5, 5.41) is 12.8. The van der Waals surface area contributed by atoms with Gasteiger partial charge in [0, 0.05) is 29.9 Å². The summed E-state index contributed by atoms with van der Waals surface area (Å²) in [5.41, 5.74) is 1.26. The van der Waals surface area contributed by atoms with Gasteiger partial charge >= 0.3 is 5.97 Å². The van der Waals surface area contributed by atoms with Crippen LogP contribution in [0.1, 0.15) is 18.1 Å². The van der Waals surface area contributed by atoms with Gasteiger partial charge in [-0.05, 0) is 31.2 Å². The number of hydrogen-bond acceptors (Lipinski definition) is 3. The van der Waals surface area contributed by atoms with Crippen LogP contribution < -0.4 is 4.74 Å². The Balaban J connectivity index is 2.13. The van der Waals surface area contributed by atoms with Gasteiger partial charge < -0.3 is 9.84 Å². The Morgan fingerprint density at radius 1 is 1.52 bits per heavy atom. The number of rotatable bonds is 6. The minimum atomic E-state index is -1.10. The lowest BCUT2D eigenvalue weighted by atomic mass is 10.2. The van der Waals surface area contributed by atoms with Crippen LogP contribution in [0.25, 0.3) is 6.08 Å². The highest BCUT2D eigenvalue weighted by Crippen LogP contribution is 2.22. The van der Waals surface area contributed by atoms with Gasteiger partial charge in [0.05, 0.1) is 6.20 Å². The number of benzene rings is 1. The number of carbonyl (C=O) groups is 1. The van der Waals surface area contributed by atoms with Gasteiger partial charge in [-0.15, -0.1) is 0 Å². The second kappa shape index (κ2) is 6.69. The number of nitrogens with zero attached hydrogens (tertiary/aromatic N) is 2. The Kier molecular flexibility index (Phi) is 4.71. The van der Waals surface area contributed by atoms with E-state index in [1.165, 1.54) is 24.3 Å². The van der Waals surface area contributed by atoms with Gasteiger partial charge in [-0.25, -0.2) is 9.18 Å². The molecular formula is C15H15FN2O3. The molecule has 0 spiro atoms. The molecule has 21 heavy (non-hydrogen) atoms. The van der Waals surface area contributed by atoms with Gasteiger partial charge in [0.2, 0.25) is 0 Å². The fraction of sp³-hybridized carbons (Fsp3) is 0.200. The van der Waals surface area contributed by atoms with Crippen molar-refractivity contribution >= 4 is 12.0 Å². The van der Waals surface area contributed by atoms with Crippen molar-refractivity contribution in [1.29, 1.82) is 0 Å². The first-order valence-electron chi connectivity index (χ1n) is 6.43. The first-order valence-corrected chi connectivity index (χ1v) is 6.43. The predicted octanol–water partition coefficient (Wildman–Crippen LogP) is 2.72. The Bertz CT molecular complexity index is 665. The summed E-state index contributed by atoms with van der Waals surface area (Å²) < 4.78 is 20.6. The predicted molar refractivity (Wildman–Crippen MR) is 75.3 cm³/mol. The zero-order valence-electron chi connectivity index (χ0n) is 11.5. The molecule has 0 fully saturated rings. The van der Waals surface area contributed by atoms with E-state index in [9.17, 15) is 9.18 Å². The third kappa shape index (κ3) is 4.17. The van der Waals surface area contributed by atoms with E-state index < -0.39 is 11.8 Å². The first-order chi connectivity index (χ1) is 10.1. The molecular weight excluding hydrogens is 275 g/mol. The van der Waals surface area contributed by atoms with Crippen molar-refractivity contribution in [3.8, 4) is 5.75 Å². The molecule has 0 aliphatic carbocycles. The van der Waals surface area contributed by atoms with E-state index in [4.69, 9.17) is 9.84 Å². The monoisotopic (exact) mass is 290 g/mol. The Hall–Kier alpha value is -2.63. The van der Waals surface area contributed by atoms with Gasteiger partial charge in [-0.2, -0.15) is 5.10 Å². The van der Waals surface area contributed by atoms with Gasteiger partial charge in [-0.3, -0.25) is 4.68 Å². The molecule has 1 aromatic heterocycles. The lowest BCUT2D eigenvalue weighted by Crippen LogP contribution is -1.97. The highest BCUT2D eigenvalue weighted by molar-refractivity contribution is 5.85. The van der Waals surface area contributed by atoms with Crippen molar-refractivity contribution in [3.63, 3.8) is 0 Å². The van der Waals surface area contributed by atoms with Crippen LogP contribution in [-0.4, -0.2) is 20.9 Å². The smallest absolute Gasteiger partial charge is 0.328 e. The lowest BCUT2D eigenvalue weighted by molar-refractivity contribution is -0.131. The van der Waals surface area contributed by atoms with Crippen molar-refractivity contribution in [2.24, 2.45) is 0 Å². The number of ether oxygens (including phenoxy) is 1. The highest BCUT2D eigenvalue weighted by atomic mass is 19.1. The van der Waals surface area contributed by atoms with Crippen LogP contribution in [0, 0.1) is 5.82 Å². The van der Waals surface area contributed by atoms with E-state index in [2.05, 4.69) is 5.10 Å². The number of aliphatic carboxylic acids is 1. The van der Waals surface area contributed by atoms with Crippen molar-refractivity contribution in [3.05, 3.63) is 53.6 Å². The number of aromatic nitrogens is 2. The van der Waals surface area contributed by atoms with E-state index in [1.807, 2.05) is 13.1 Å². The van der Waals surface area contributed by atoms with Crippen molar-refractivity contribution in [1.82, 2.24) is 9.78 Å². The van der Waals surface area contributed by atoms with Gasteiger partial charge in [0.1, 0.15) is 18.2 Å². The molecule has 2 rings (SSSR count). The summed E-state index contributed by atoms with van der Waals surface area (Å²) in [6.45, 7) is 3.02. The summed E-state index contributed by atoms with van der Waals surface area (Å²) in [6.07, 6.45) is 5.79. The molecule has 1 N–H and O–H groups in total. The third-order valence-electron chi connectivity index (χ3n) is 2.78. The minimum Gasteiger partial charge on any atom is -0.488 e. The third-order valence-corrected chi connectivity index (χ3v) is 2.78. The molecule has 0 amide bonds. The van der Waals surface area contributed by atoms with Crippen LogP contribution in [-0.2, 0) is 17.9 Å². The molecule has 0 aliphatic rings. The molecule has 0 radical (unpaired) electrons. The molecule has 0 saturated heterocycles. The molecule has 110 valence electrons. The van der Waals surface area contributed by atoms with E-state index in [-0.39, 0.29) is 6.61 Å². The second-order valence-electron chi connectivity index (χ2n) is 4.35. The number of carboxylic acids is 1. The summed E-state index contributed by atoms with van der Waals surface area (Å²) in [7, 11) is 0. The lowest BCUT2D eigenvalue weighted by Gasteiger charge is -2.08. The van der Waals surface area contributed by atoms with E-state index in [0.29, 0.717) is 11.3 Å². The fourth-order valence-corrected chi connectivity index (χ4v) is 1.76. The average molecular weight is 290 g/mol. The topological polar surface area (TPSA) is 64.3 Å². The normalized spacial score (nSPS) is 11.0. The highest BCUT2D eigenvalue weighted by Gasteiger charge is 2.05. The average Bonchev–Trinajstić information content (AvgIpc) is 2.92. The molecule has 1 aromatic carbocycles. The number of aryl methyl sites for hydroxylation is 1. The van der Waals surface area contributed by atoms with E-state index >= 15 is 0 Å². The summed E-state index contributed by atoms with van der Waals surface area (Å²) in [4.78, 5) is 10.6. The van der Waals surface area contributed by atoms with Gasteiger partial charge in [0.25, 0.3) is 0 Å². The molecule has 6 heteroatoms. The van der Waals surface area contributed by atoms with Crippen LogP contribution in [0.15, 0.2) is 36.7 Å². The Morgan fingerprint density at radius 2 is 2.33 bits per heavy atom. The molecule has 0 unspecified atom stereocenters. The molecule has 2 aromatic rings. The number of carboxylic acid groups (broad SMARTS) is 1. The van der Waals surface area contributed by atoms with Crippen LogP contribution in [0.5, 0.6) is 5.75 Å². The summed E-state index contributed by atoms with van der Waals surface area (Å²) >= 11 is 0. The maximum atomic E-state index is 13.2. The molecule has 0 aliphatic heterocycles. The van der Waals surface area contributed by atoms with Crippen LogP contribution in [0.2, 0.25) is 0 Å². The first kappa shape index (κ1) is 14.8. The van der Waals surface area contributed by atoms with E-state index in [1.54, 1.807) is 10.9 Å². The zero-order valence-corrected chi connectivity index (χ0v) is 11.5. The molecule has 5 nitrogen and oxygen atoms in total. The maximum Gasteiger partial charge on any atom is 0.328 e. The fourth-order valence-electron chi connectivity index (χ4n) is 1.76. The minimum absolute atomic E-state index is 0.277. The zero-order chi connectivity index (χ0) is 15.2. The SMILES string of the molecule is CCn1cc(COc2ccc(F)cc2/C=C/C(=O)O)cn1. The summed E-state index contributed by atoms with van der Waals surface area (Å²) in [5.74, 6) is -1.14. The molecule has 0 atom stereocenters. The maximum absolute atomic E-state index is 13.2. The standard InChI is InChI=1S/C15H15FN2O3/c1-2-18-9-11(8-17-18)10-21-14-5-4-13(16)7-12(14)3-6-15(19)20/h3-9H,2,10H2,1H3,(H,19,20)/b6-3+. The molecule has 0 bridgehead atoms. The molecule has 1 heterocycles. The summed E-state index contributed by atoms with van der Waals surface area (Å²) in [6, 6.07) is 3.97. The quantitative estimate of drug-likeness (QED) is 0.831. The van der Waals surface area contributed by atoms with Gasteiger partial charge in [-0.1, -0.05) is 0 Å². The number of hydrogen-bond donors (Lipinski definition) is 1. The molecule has 0 saturated carbocycles. The Morgan fingerprint density at radius 3 is 3.00 bits per heavy atom. The largest absolute Gasteiger partial charge is 0.488 e. The van der Waals surface area contributed by atoms with Crippen LogP contribution in [0.3, 0.4) is 0 Å². The van der Waals surface area contributed by atoms with Crippen molar-refractivity contribution in [2.45, 2.75) is 20.1 Å². The van der Waals surface area contributed by atoms with Crippen molar-refractivity contribution in [2.75, 3.05) is 0 Å². The number of halogens is 1. The van der Waals surface area contributed by atoms with E-state index in [0.717, 1.165) is 18.2 Å². The van der Waals surface area contributed by atoms with Crippen LogP contribution in [0.4, 0.5) is 4.39 Å². The van der Waals surface area contributed by atoms with Crippen LogP contribution >= 0.6 is 0 Å².